The molecule has 4 aromatic rings. The Hall–Kier alpha value is -3.38. The number of carbonyl (C=O) groups excluding carboxylic acids is 1. The molecule has 2 heterocycles. The van der Waals surface area contributed by atoms with Crippen LogP contribution in [0.25, 0.3) is 21.8 Å². The van der Waals surface area contributed by atoms with E-state index in [0.29, 0.717) is 17.8 Å². The van der Waals surface area contributed by atoms with Gasteiger partial charge in [-0.25, -0.2) is 0 Å². The average Bonchev–Trinajstić information content (AvgIpc) is 3.04. The molecule has 0 saturated carbocycles. The molecule has 0 aliphatic heterocycles. The van der Waals surface area contributed by atoms with Gasteiger partial charge in [0.2, 0.25) is 11.5 Å². The number of methoxy groups -OCH3 is 1. The Morgan fingerprint density at radius 1 is 1.15 bits per heavy atom. The summed E-state index contributed by atoms with van der Waals surface area (Å²) in [4.78, 5) is 27.1. The molecular weight excluding hydrogens is 342 g/mol. The summed E-state index contributed by atoms with van der Waals surface area (Å²) in [7, 11) is 1.59. The van der Waals surface area contributed by atoms with Crippen LogP contribution in [-0.4, -0.2) is 22.6 Å². The summed E-state index contributed by atoms with van der Waals surface area (Å²) in [5.74, 6) is -0.133. The summed E-state index contributed by atoms with van der Waals surface area (Å²) in [6.45, 7) is 0.568. The molecule has 0 radical (unpaired) electrons. The molecule has 0 fully saturated rings. The number of benzene rings is 2. The summed E-state index contributed by atoms with van der Waals surface area (Å²) in [6.07, 6.45) is 1.90. The van der Waals surface area contributed by atoms with Gasteiger partial charge in [0, 0.05) is 36.0 Å². The van der Waals surface area contributed by atoms with Crippen LogP contribution < -0.4 is 10.9 Å². The normalized spacial score (nSPS) is 11.1. The highest BCUT2D eigenvalue weighted by Crippen LogP contribution is 2.21. The fraction of sp³-hybridized carbons (Fsp3) is 0.143. The van der Waals surface area contributed by atoms with Crippen LogP contribution in [0.2, 0.25) is 0 Å². The number of fused-ring (bicyclic) bond motifs is 2. The van der Waals surface area contributed by atoms with Gasteiger partial charge in [0.05, 0.1) is 12.1 Å². The molecule has 6 nitrogen and oxygen atoms in total. The van der Waals surface area contributed by atoms with Crippen LogP contribution in [0.3, 0.4) is 0 Å². The number of H-pyrrole nitrogens is 1. The first-order valence-corrected chi connectivity index (χ1v) is 8.63. The lowest BCUT2D eigenvalue weighted by Crippen LogP contribution is -2.18. The van der Waals surface area contributed by atoms with Crippen molar-refractivity contribution in [1.29, 1.82) is 0 Å². The van der Waals surface area contributed by atoms with E-state index in [4.69, 9.17) is 4.74 Å². The van der Waals surface area contributed by atoms with E-state index in [-0.39, 0.29) is 18.0 Å². The SMILES string of the molecule is COCc1cc(=O)[nH]c2cc(NC(=O)Cn3ccc4ccccc43)ccc12. The van der Waals surface area contributed by atoms with Crippen LogP contribution in [0.5, 0.6) is 0 Å². The van der Waals surface area contributed by atoms with Crippen LogP contribution in [0.4, 0.5) is 5.69 Å². The lowest BCUT2D eigenvalue weighted by atomic mass is 10.1. The third-order valence-corrected chi connectivity index (χ3v) is 4.51. The van der Waals surface area contributed by atoms with Crippen LogP contribution in [0, 0.1) is 0 Å². The maximum atomic E-state index is 12.5. The molecule has 2 aromatic carbocycles. The topological polar surface area (TPSA) is 76.1 Å². The second kappa shape index (κ2) is 7.09. The first-order chi connectivity index (χ1) is 13.1. The molecule has 1 amide bonds. The van der Waals surface area contributed by atoms with Crippen LogP contribution in [-0.2, 0) is 22.7 Å². The summed E-state index contributed by atoms with van der Waals surface area (Å²) in [5.41, 5.74) is 2.93. The predicted octanol–water partition coefficient (Wildman–Crippen LogP) is 3.27. The van der Waals surface area contributed by atoms with Gasteiger partial charge >= 0.3 is 0 Å². The molecule has 0 bridgehead atoms. The highest BCUT2D eigenvalue weighted by atomic mass is 16.5. The second-order valence-electron chi connectivity index (χ2n) is 6.40. The predicted molar refractivity (Wildman–Crippen MR) is 106 cm³/mol. The van der Waals surface area contributed by atoms with Gasteiger partial charge in [-0.05, 0) is 35.2 Å². The fourth-order valence-electron chi connectivity index (χ4n) is 3.32. The number of amides is 1. The smallest absolute Gasteiger partial charge is 0.248 e. The van der Waals surface area contributed by atoms with Crippen molar-refractivity contribution in [3.63, 3.8) is 0 Å². The van der Waals surface area contributed by atoms with Crippen molar-refractivity contribution in [3.05, 3.63) is 76.7 Å². The van der Waals surface area contributed by atoms with Crippen LogP contribution >= 0.6 is 0 Å². The molecule has 4 rings (SSSR count). The number of pyridine rings is 1. The van der Waals surface area contributed by atoms with E-state index in [1.165, 1.54) is 6.07 Å². The summed E-state index contributed by atoms with van der Waals surface area (Å²) >= 11 is 0. The number of nitrogens with one attached hydrogen (secondary N) is 2. The lowest BCUT2D eigenvalue weighted by molar-refractivity contribution is -0.116. The largest absolute Gasteiger partial charge is 0.380 e. The average molecular weight is 361 g/mol. The molecule has 6 heteroatoms. The summed E-state index contributed by atoms with van der Waals surface area (Å²) in [6, 6.07) is 16.9. The van der Waals surface area contributed by atoms with E-state index in [0.717, 1.165) is 21.9 Å². The molecular formula is C21H19N3O3. The number of nitrogens with zero attached hydrogens (tertiary/aromatic N) is 1. The number of ether oxygens (including phenoxy) is 1. The number of hydrogen-bond donors (Lipinski definition) is 2. The maximum absolute atomic E-state index is 12.5. The van der Waals surface area contributed by atoms with E-state index in [2.05, 4.69) is 10.3 Å². The second-order valence-corrected chi connectivity index (χ2v) is 6.40. The van der Waals surface area contributed by atoms with Crippen LogP contribution in [0.1, 0.15) is 5.56 Å². The number of carbonyl (C=O) groups is 1. The Morgan fingerprint density at radius 2 is 2.00 bits per heavy atom. The molecule has 136 valence electrons. The van der Waals surface area contributed by atoms with Gasteiger partial charge in [-0.2, -0.15) is 0 Å². The lowest BCUT2D eigenvalue weighted by Gasteiger charge is -2.10. The quantitative estimate of drug-likeness (QED) is 0.573. The van der Waals surface area contributed by atoms with Crippen molar-refractivity contribution in [2.24, 2.45) is 0 Å². The van der Waals surface area contributed by atoms with Crippen molar-refractivity contribution >= 4 is 33.4 Å². The van der Waals surface area contributed by atoms with E-state index in [9.17, 15) is 9.59 Å². The number of aromatic amines is 1. The Labute approximate surface area is 155 Å². The van der Waals surface area contributed by atoms with Gasteiger partial charge in [-0.15, -0.1) is 0 Å². The van der Waals surface area contributed by atoms with E-state index in [1.807, 2.05) is 53.2 Å². The van der Waals surface area contributed by atoms with E-state index < -0.39 is 0 Å². The van der Waals surface area contributed by atoms with Gasteiger partial charge in [-0.1, -0.05) is 24.3 Å². The number of hydrogen-bond acceptors (Lipinski definition) is 3. The van der Waals surface area contributed by atoms with Crippen molar-refractivity contribution < 1.29 is 9.53 Å². The fourth-order valence-corrected chi connectivity index (χ4v) is 3.32. The zero-order chi connectivity index (χ0) is 18.8. The third kappa shape index (κ3) is 3.47. The van der Waals surface area contributed by atoms with Gasteiger partial charge in [0.1, 0.15) is 6.54 Å². The van der Waals surface area contributed by atoms with Crippen molar-refractivity contribution in [2.45, 2.75) is 13.2 Å². The summed E-state index contributed by atoms with van der Waals surface area (Å²) < 4.78 is 7.06. The number of aromatic nitrogens is 2. The first-order valence-electron chi connectivity index (χ1n) is 8.63. The third-order valence-electron chi connectivity index (χ3n) is 4.51. The zero-order valence-electron chi connectivity index (χ0n) is 14.9. The number of rotatable bonds is 5. The molecule has 0 saturated heterocycles. The number of anilines is 1. The molecule has 0 unspecified atom stereocenters. The van der Waals surface area contributed by atoms with Crippen molar-refractivity contribution in [3.8, 4) is 0 Å². The van der Waals surface area contributed by atoms with Crippen molar-refractivity contribution in [1.82, 2.24) is 9.55 Å². The molecule has 0 atom stereocenters. The number of para-hydroxylation sites is 1. The highest BCUT2D eigenvalue weighted by Gasteiger charge is 2.09. The Bertz CT molecular complexity index is 1190. The van der Waals surface area contributed by atoms with Gasteiger partial charge in [-0.3, -0.25) is 9.59 Å². The standard InChI is InChI=1S/C21H19N3O3/c1-27-13-15-10-20(25)23-18-11-16(6-7-17(15)18)22-21(26)12-24-9-8-14-4-2-3-5-19(14)24/h2-11H,12-13H2,1H3,(H,22,26)(H,23,25). The maximum Gasteiger partial charge on any atom is 0.248 e. The molecule has 2 N–H and O–H groups in total. The van der Waals surface area contributed by atoms with Gasteiger partial charge < -0.3 is 19.6 Å². The minimum Gasteiger partial charge on any atom is -0.380 e. The molecule has 0 aliphatic rings. The van der Waals surface area contributed by atoms with Gasteiger partial charge in [0.15, 0.2) is 0 Å². The van der Waals surface area contributed by atoms with Crippen molar-refractivity contribution in [2.75, 3.05) is 12.4 Å². The van der Waals surface area contributed by atoms with E-state index in [1.54, 1.807) is 13.2 Å². The van der Waals surface area contributed by atoms with Crippen LogP contribution in [0.15, 0.2) is 65.6 Å². The van der Waals surface area contributed by atoms with Gasteiger partial charge in [0.25, 0.3) is 0 Å². The zero-order valence-corrected chi connectivity index (χ0v) is 14.9. The first kappa shape index (κ1) is 17.1. The monoisotopic (exact) mass is 361 g/mol. The minimum absolute atomic E-state index is 0.133. The minimum atomic E-state index is -0.197. The molecule has 0 aliphatic carbocycles. The highest BCUT2D eigenvalue weighted by molar-refractivity contribution is 5.94. The summed E-state index contributed by atoms with van der Waals surface area (Å²) in [5, 5.41) is 4.89. The van der Waals surface area contributed by atoms with E-state index >= 15 is 0 Å². The Morgan fingerprint density at radius 3 is 2.85 bits per heavy atom. The Kier molecular flexibility index (Phi) is 4.48. The Balaban J connectivity index is 1.57. The molecule has 27 heavy (non-hydrogen) atoms. The molecule has 0 spiro atoms. The molecule has 2 aromatic heterocycles.